The van der Waals surface area contributed by atoms with Gasteiger partial charge in [0.1, 0.15) is 17.3 Å². The molecule has 1 saturated heterocycles. The van der Waals surface area contributed by atoms with Crippen LogP contribution in [0.5, 0.6) is 0 Å². The van der Waals surface area contributed by atoms with Crippen molar-refractivity contribution in [2.45, 2.75) is 6.92 Å². The van der Waals surface area contributed by atoms with Gasteiger partial charge in [-0.05, 0) is 43.0 Å². The zero-order valence-electron chi connectivity index (χ0n) is 11.7. The summed E-state index contributed by atoms with van der Waals surface area (Å²) in [5.41, 5.74) is 0.612. The van der Waals surface area contributed by atoms with E-state index in [0.717, 1.165) is 11.8 Å². The van der Waals surface area contributed by atoms with Gasteiger partial charge in [-0.3, -0.25) is 14.5 Å². The van der Waals surface area contributed by atoms with Crippen LogP contribution in [0.15, 0.2) is 45.7 Å². The molecule has 4 nitrogen and oxygen atoms in total. The Morgan fingerprint density at radius 2 is 2.09 bits per heavy atom. The van der Waals surface area contributed by atoms with Crippen LogP contribution in [0.25, 0.3) is 17.4 Å². The first-order valence-electron chi connectivity index (χ1n) is 6.69. The fourth-order valence-corrected chi connectivity index (χ4v) is 3.01. The second-order valence-electron chi connectivity index (χ2n) is 4.64. The van der Waals surface area contributed by atoms with Crippen molar-refractivity contribution in [1.82, 2.24) is 4.90 Å². The van der Waals surface area contributed by atoms with Gasteiger partial charge in [0.05, 0.1) is 4.91 Å². The number of thioether (sulfide) groups is 1. The van der Waals surface area contributed by atoms with Crippen LogP contribution in [0.1, 0.15) is 12.7 Å². The quantitative estimate of drug-likeness (QED) is 0.798. The summed E-state index contributed by atoms with van der Waals surface area (Å²) in [6.45, 7) is 2.09. The third-order valence-corrected chi connectivity index (χ3v) is 4.11. The lowest BCUT2D eigenvalue weighted by Gasteiger charge is -2.06. The molecular formula is C16H12FNO3S. The number of hydrogen-bond acceptors (Lipinski definition) is 4. The molecule has 3 rings (SSSR count). The van der Waals surface area contributed by atoms with Gasteiger partial charge in [0.2, 0.25) is 0 Å². The first-order chi connectivity index (χ1) is 10.6. The maximum Gasteiger partial charge on any atom is 0.293 e. The molecule has 0 spiro atoms. The van der Waals surface area contributed by atoms with Crippen LogP contribution in [0.3, 0.4) is 0 Å². The van der Waals surface area contributed by atoms with E-state index in [9.17, 15) is 14.0 Å². The summed E-state index contributed by atoms with van der Waals surface area (Å²) in [5, 5.41) is -0.282. The monoisotopic (exact) mass is 317 g/mol. The fourth-order valence-electron chi connectivity index (χ4n) is 2.13. The molecule has 0 unspecified atom stereocenters. The van der Waals surface area contributed by atoms with E-state index in [1.807, 2.05) is 0 Å². The van der Waals surface area contributed by atoms with Gasteiger partial charge in [-0.15, -0.1) is 0 Å². The van der Waals surface area contributed by atoms with Crippen molar-refractivity contribution < 1.29 is 18.4 Å². The Labute approximate surface area is 130 Å². The SMILES string of the molecule is CCN1C(=O)S/C(=C/c2ccc(-c3cccc(F)c3)o2)C1=O. The largest absolute Gasteiger partial charge is 0.457 e. The standard InChI is InChI=1S/C16H12FNO3S/c1-2-18-15(19)14(22-16(18)20)9-12-6-7-13(21-12)10-4-3-5-11(17)8-10/h3-9H,2H2,1H3/b14-9+. The van der Waals surface area contributed by atoms with Crippen molar-refractivity contribution in [2.75, 3.05) is 6.54 Å². The van der Waals surface area contributed by atoms with E-state index in [1.54, 1.807) is 31.2 Å². The van der Waals surface area contributed by atoms with Gasteiger partial charge in [-0.25, -0.2) is 4.39 Å². The zero-order valence-corrected chi connectivity index (χ0v) is 12.5. The van der Waals surface area contributed by atoms with E-state index in [-0.39, 0.29) is 17.0 Å². The lowest BCUT2D eigenvalue weighted by Crippen LogP contribution is -2.27. The van der Waals surface area contributed by atoms with Crippen molar-refractivity contribution in [3.05, 3.63) is 52.9 Å². The number of carbonyl (C=O) groups is 2. The minimum Gasteiger partial charge on any atom is -0.457 e. The highest BCUT2D eigenvalue weighted by molar-refractivity contribution is 8.18. The van der Waals surface area contributed by atoms with Gasteiger partial charge in [-0.1, -0.05) is 12.1 Å². The van der Waals surface area contributed by atoms with Crippen LogP contribution >= 0.6 is 11.8 Å². The molecular weight excluding hydrogens is 305 g/mol. The van der Waals surface area contributed by atoms with Gasteiger partial charge in [0.15, 0.2) is 0 Å². The summed E-state index contributed by atoms with van der Waals surface area (Å²) in [6.07, 6.45) is 1.53. The van der Waals surface area contributed by atoms with E-state index >= 15 is 0 Å². The number of furan rings is 1. The molecule has 0 N–H and O–H groups in total. The molecule has 6 heteroatoms. The van der Waals surface area contributed by atoms with Crippen LogP contribution < -0.4 is 0 Å². The molecule has 0 bridgehead atoms. The van der Waals surface area contributed by atoms with E-state index < -0.39 is 0 Å². The van der Waals surface area contributed by atoms with E-state index in [0.29, 0.717) is 28.5 Å². The summed E-state index contributed by atoms with van der Waals surface area (Å²) in [7, 11) is 0. The average molecular weight is 317 g/mol. The molecule has 1 aliphatic heterocycles. The topological polar surface area (TPSA) is 50.5 Å². The molecule has 1 aromatic carbocycles. The molecule has 0 aliphatic carbocycles. The van der Waals surface area contributed by atoms with E-state index in [2.05, 4.69) is 0 Å². The molecule has 112 valence electrons. The normalized spacial score (nSPS) is 16.8. The first-order valence-corrected chi connectivity index (χ1v) is 7.51. The van der Waals surface area contributed by atoms with Crippen molar-refractivity contribution >= 4 is 29.0 Å². The molecule has 0 radical (unpaired) electrons. The third kappa shape index (κ3) is 2.69. The second kappa shape index (κ2) is 5.81. The molecule has 1 aromatic heterocycles. The van der Waals surface area contributed by atoms with Gasteiger partial charge in [-0.2, -0.15) is 0 Å². The Kier molecular flexibility index (Phi) is 3.85. The van der Waals surface area contributed by atoms with Crippen LogP contribution in [0, 0.1) is 5.82 Å². The highest BCUT2D eigenvalue weighted by Crippen LogP contribution is 2.33. The van der Waals surface area contributed by atoms with E-state index in [1.165, 1.54) is 23.1 Å². The lowest BCUT2D eigenvalue weighted by molar-refractivity contribution is -0.122. The Balaban J connectivity index is 1.88. The molecule has 2 amide bonds. The number of nitrogens with zero attached hydrogens (tertiary/aromatic N) is 1. The smallest absolute Gasteiger partial charge is 0.293 e. The predicted octanol–water partition coefficient (Wildman–Crippen LogP) is 4.14. The molecule has 2 heterocycles. The number of benzene rings is 1. The van der Waals surface area contributed by atoms with Gasteiger partial charge < -0.3 is 4.42 Å². The number of hydrogen-bond donors (Lipinski definition) is 0. The number of imide groups is 1. The Bertz CT molecular complexity index is 781. The van der Waals surface area contributed by atoms with E-state index in [4.69, 9.17) is 4.42 Å². The molecule has 22 heavy (non-hydrogen) atoms. The third-order valence-electron chi connectivity index (χ3n) is 3.20. The first kappa shape index (κ1) is 14.6. The molecule has 1 aliphatic rings. The minimum atomic E-state index is -0.348. The van der Waals surface area contributed by atoms with Gasteiger partial charge in [0, 0.05) is 18.2 Å². The second-order valence-corrected chi connectivity index (χ2v) is 5.63. The maximum atomic E-state index is 13.2. The summed E-state index contributed by atoms with van der Waals surface area (Å²) in [6, 6.07) is 9.43. The Morgan fingerprint density at radius 1 is 1.27 bits per heavy atom. The molecule has 2 aromatic rings. The number of carbonyl (C=O) groups excluding carboxylic acids is 2. The highest BCUT2D eigenvalue weighted by atomic mass is 32.2. The Morgan fingerprint density at radius 3 is 2.77 bits per heavy atom. The lowest BCUT2D eigenvalue weighted by atomic mass is 10.2. The molecule has 1 fully saturated rings. The van der Waals surface area contributed by atoms with Crippen LogP contribution in [-0.2, 0) is 4.79 Å². The molecule has 0 atom stereocenters. The van der Waals surface area contributed by atoms with Crippen LogP contribution in [-0.4, -0.2) is 22.6 Å². The van der Waals surface area contributed by atoms with Crippen molar-refractivity contribution in [3.8, 4) is 11.3 Å². The summed E-state index contributed by atoms with van der Waals surface area (Å²) in [5.74, 6) is 0.280. The number of rotatable bonds is 3. The zero-order chi connectivity index (χ0) is 15.7. The highest BCUT2D eigenvalue weighted by Gasteiger charge is 2.33. The fraction of sp³-hybridized carbons (Fsp3) is 0.125. The van der Waals surface area contributed by atoms with Crippen molar-refractivity contribution in [2.24, 2.45) is 0 Å². The van der Waals surface area contributed by atoms with Crippen LogP contribution in [0.2, 0.25) is 0 Å². The Hall–Kier alpha value is -2.34. The molecule has 0 saturated carbocycles. The van der Waals surface area contributed by atoms with Crippen molar-refractivity contribution in [1.29, 1.82) is 0 Å². The number of likely N-dealkylation sites (N-methyl/N-ethyl adjacent to an activating group) is 1. The van der Waals surface area contributed by atoms with Gasteiger partial charge >= 0.3 is 0 Å². The minimum absolute atomic E-state index is 0.282. The van der Waals surface area contributed by atoms with Crippen LogP contribution in [0.4, 0.5) is 9.18 Å². The average Bonchev–Trinajstić information content (AvgIpc) is 3.05. The predicted molar refractivity (Wildman–Crippen MR) is 82.5 cm³/mol. The van der Waals surface area contributed by atoms with Gasteiger partial charge in [0.25, 0.3) is 11.1 Å². The summed E-state index contributed by atoms with van der Waals surface area (Å²) >= 11 is 0.887. The summed E-state index contributed by atoms with van der Waals surface area (Å²) < 4.78 is 18.8. The number of halogens is 1. The van der Waals surface area contributed by atoms with Crippen molar-refractivity contribution in [3.63, 3.8) is 0 Å². The summed E-state index contributed by atoms with van der Waals surface area (Å²) in [4.78, 5) is 25.1. The number of amides is 2. The maximum absolute atomic E-state index is 13.2.